The zero-order valence-electron chi connectivity index (χ0n) is 12.6. The van der Waals surface area contributed by atoms with Crippen LogP contribution in [0.15, 0.2) is 0 Å². The van der Waals surface area contributed by atoms with Crippen LogP contribution in [0.1, 0.15) is 0 Å². The van der Waals surface area contributed by atoms with Gasteiger partial charge in [-0.05, 0) is 0 Å². The molecule has 0 aliphatic carbocycles. The molecule has 0 saturated heterocycles. The Morgan fingerprint density at radius 3 is 0.438 bits per heavy atom. The van der Waals surface area contributed by atoms with E-state index in [0.717, 1.165) is 0 Å². The summed E-state index contributed by atoms with van der Waals surface area (Å²) in [5, 5.41) is 21.2. The Balaban J connectivity index is -0.0000000655. The minimum absolute atomic E-state index is 0. The van der Waals surface area contributed by atoms with Gasteiger partial charge < -0.3 is 16.2 Å². The molecule has 0 aromatic carbocycles. The summed E-state index contributed by atoms with van der Waals surface area (Å²) in [5.74, 6) is 0. The SMILES string of the molecule is C[Si](C)(C)[NH-].C[Si](C)(C)[NH-].C[Si](C)(C)[NH-].[Y+3]. The first-order chi connectivity index (χ1) is 6.00. The van der Waals surface area contributed by atoms with E-state index in [4.69, 9.17) is 16.2 Å². The first-order valence-corrected chi connectivity index (χ1v) is 15.8. The van der Waals surface area contributed by atoms with Gasteiger partial charge in [0.15, 0.2) is 0 Å². The minimum atomic E-state index is -1.36. The quantitative estimate of drug-likeness (QED) is 0.507. The molecule has 0 aliphatic heterocycles. The van der Waals surface area contributed by atoms with Gasteiger partial charge in [-0.15, -0.1) is 0 Å². The molecule has 0 aromatic heterocycles. The summed E-state index contributed by atoms with van der Waals surface area (Å²) in [6.07, 6.45) is 0. The molecule has 0 aliphatic rings. The number of rotatable bonds is 0. The Bertz CT molecular complexity index is 101. The summed E-state index contributed by atoms with van der Waals surface area (Å²) in [6.45, 7) is 17.9. The monoisotopic (exact) mass is 353 g/mol. The molecule has 0 heterocycles. The molecule has 0 atom stereocenters. The molecule has 16 heavy (non-hydrogen) atoms. The van der Waals surface area contributed by atoms with Crippen molar-refractivity contribution in [2.45, 2.75) is 58.9 Å². The molecule has 3 N–H and O–H groups in total. The smallest absolute Gasteiger partial charge is 0.680 e. The van der Waals surface area contributed by atoms with Gasteiger partial charge in [0.2, 0.25) is 0 Å². The standard InChI is InChI=1S/3C3H10NSi.Y/c3*1-5(2,3)4;/h3*4H,1-3H3;/q3*-1;+3. The molecule has 0 rings (SSSR count). The molecule has 0 bridgehead atoms. The second kappa shape index (κ2) is 10.5. The van der Waals surface area contributed by atoms with Crippen molar-refractivity contribution in [1.82, 2.24) is 0 Å². The van der Waals surface area contributed by atoms with Crippen LogP contribution < -0.4 is 0 Å². The van der Waals surface area contributed by atoms with Gasteiger partial charge in [-0.3, -0.25) is 0 Å². The average molecular weight is 354 g/mol. The van der Waals surface area contributed by atoms with Crippen LogP contribution >= 0.6 is 0 Å². The average Bonchev–Trinajstić information content (AvgIpc) is 1.41. The van der Waals surface area contributed by atoms with Crippen molar-refractivity contribution >= 4 is 24.7 Å². The van der Waals surface area contributed by atoms with Gasteiger partial charge in [-0.2, -0.15) is 0 Å². The maximum Gasteiger partial charge on any atom is 3.00 e. The third-order valence-electron chi connectivity index (χ3n) is 0. The zero-order chi connectivity index (χ0) is 13.5. The molecular formula is C9H30N3Si3Y. The van der Waals surface area contributed by atoms with Crippen LogP contribution in [0.4, 0.5) is 0 Å². The molecule has 0 spiro atoms. The number of hydrogen-bond acceptors (Lipinski definition) is 0. The van der Waals surface area contributed by atoms with Crippen LogP contribution in [0, 0.1) is 0 Å². The van der Waals surface area contributed by atoms with E-state index in [1.165, 1.54) is 0 Å². The fourth-order valence-electron chi connectivity index (χ4n) is 0. The van der Waals surface area contributed by atoms with E-state index in [0.29, 0.717) is 0 Å². The predicted octanol–water partition coefficient (Wildman–Crippen LogP) is 5.62. The molecular weight excluding hydrogens is 323 g/mol. The van der Waals surface area contributed by atoms with E-state index >= 15 is 0 Å². The van der Waals surface area contributed by atoms with Crippen LogP contribution in [0.5, 0.6) is 0 Å². The number of nitrogens with one attached hydrogen (secondary N) is 3. The minimum Gasteiger partial charge on any atom is -0.680 e. The van der Waals surface area contributed by atoms with Crippen LogP contribution in [0.25, 0.3) is 16.2 Å². The Morgan fingerprint density at radius 1 is 0.438 bits per heavy atom. The van der Waals surface area contributed by atoms with E-state index in [1.54, 1.807) is 0 Å². The topological polar surface area (TPSA) is 71.4 Å². The number of hydrogen-bond donors (Lipinski definition) is 0. The molecule has 0 fully saturated rings. The molecule has 0 saturated carbocycles. The van der Waals surface area contributed by atoms with Crippen molar-refractivity contribution in [3.05, 3.63) is 16.2 Å². The summed E-state index contributed by atoms with van der Waals surface area (Å²) in [4.78, 5) is 0. The van der Waals surface area contributed by atoms with Gasteiger partial charge >= 0.3 is 32.7 Å². The summed E-state index contributed by atoms with van der Waals surface area (Å²) in [5.41, 5.74) is 0. The van der Waals surface area contributed by atoms with Gasteiger partial charge in [0.1, 0.15) is 0 Å². The van der Waals surface area contributed by atoms with Crippen molar-refractivity contribution in [3.63, 3.8) is 0 Å². The van der Waals surface area contributed by atoms with E-state index in [-0.39, 0.29) is 32.7 Å². The fourth-order valence-corrected chi connectivity index (χ4v) is 0. The third kappa shape index (κ3) is 1250. The van der Waals surface area contributed by atoms with Gasteiger partial charge in [0.25, 0.3) is 0 Å². The Labute approximate surface area is 131 Å². The van der Waals surface area contributed by atoms with Crippen LogP contribution in [-0.2, 0) is 32.7 Å². The van der Waals surface area contributed by atoms with Crippen molar-refractivity contribution < 1.29 is 32.7 Å². The van der Waals surface area contributed by atoms with Crippen molar-refractivity contribution in [2.75, 3.05) is 0 Å². The molecule has 7 heteroatoms. The van der Waals surface area contributed by atoms with Gasteiger partial charge in [0.05, 0.1) is 0 Å². The van der Waals surface area contributed by atoms with Gasteiger partial charge in [-0.25, -0.2) is 0 Å². The summed E-state index contributed by atoms with van der Waals surface area (Å²) in [7, 11) is -4.08. The predicted molar refractivity (Wildman–Crippen MR) is 83.0 cm³/mol. The maximum absolute atomic E-state index is 7.08. The molecule has 0 aromatic rings. The second-order valence-electron chi connectivity index (χ2n) is 6.75. The van der Waals surface area contributed by atoms with Crippen LogP contribution in [-0.4, -0.2) is 24.7 Å². The first kappa shape index (κ1) is 26.2. The first-order valence-electron chi connectivity index (χ1n) is 5.25. The molecule has 0 amide bonds. The molecule has 0 unspecified atom stereocenters. The van der Waals surface area contributed by atoms with Crippen LogP contribution in [0.2, 0.25) is 58.9 Å². The van der Waals surface area contributed by atoms with E-state index in [1.807, 2.05) is 58.9 Å². The maximum atomic E-state index is 7.08. The molecule has 96 valence electrons. The summed E-state index contributed by atoms with van der Waals surface area (Å²) in [6, 6.07) is 0. The van der Waals surface area contributed by atoms with Crippen molar-refractivity contribution in [2.24, 2.45) is 0 Å². The summed E-state index contributed by atoms with van der Waals surface area (Å²) < 4.78 is 0. The van der Waals surface area contributed by atoms with Crippen LogP contribution in [0.3, 0.4) is 0 Å². The summed E-state index contributed by atoms with van der Waals surface area (Å²) >= 11 is 0. The normalized spacial score (nSPS) is 11.2. The molecule has 3 nitrogen and oxygen atoms in total. The second-order valence-corrected chi connectivity index (χ2v) is 20.2. The Hall–Kier alpha value is 1.63. The van der Waals surface area contributed by atoms with Crippen molar-refractivity contribution in [3.8, 4) is 0 Å². The van der Waals surface area contributed by atoms with Gasteiger partial charge in [0, 0.05) is 0 Å². The molecule has 0 radical (unpaired) electrons. The largest absolute Gasteiger partial charge is 3.00 e. The third-order valence-corrected chi connectivity index (χ3v) is 0. The van der Waals surface area contributed by atoms with Crippen molar-refractivity contribution in [1.29, 1.82) is 0 Å². The fraction of sp³-hybridized carbons (Fsp3) is 1.00. The van der Waals surface area contributed by atoms with E-state index in [2.05, 4.69) is 0 Å². The zero-order valence-corrected chi connectivity index (χ0v) is 18.4. The van der Waals surface area contributed by atoms with E-state index < -0.39 is 24.7 Å². The van der Waals surface area contributed by atoms with Gasteiger partial charge in [-0.1, -0.05) is 83.6 Å². The van der Waals surface area contributed by atoms with E-state index in [9.17, 15) is 0 Å². The Kier molecular flexibility index (Phi) is 17.3. The Morgan fingerprint density at radius 2 is 0.438 bits per heavy atom.